The highest BCUT2D eigenvalue weighted by molar-refractivity contribution is 6.31. The van der Waals surface area contributed by atoms with Crippen molar-refractivity contribution >= 4 is 34.9 Å². The largest absolute Gasteiger partial charge is 0.357 e. The molecular formula is C14H11ClN2O. The second-order valence-electron chi connectivity index (χ2n) is 4.09. The molecule has 1 aliphatic rings. The monoisotopic (exact) mass is 258 g/mol. The van der Waals surface area contributed by atoms with Crippen molar-refractivity contribution in [3.63, 3.8) is 0 Å². The Morgan fingerprint density at radius 1 is 1.17 bits per heavy atom. The van der Waals surface area contributed by atoms with Crippen LogP contribution in [0, 0.1) is 0 Å². The average molecular weight is 259 g/mol. The number of benzene rings is 2. The van der Waals surface area contributed by atoms with E-state index in [2.05, 4.69) is 5.32 Å². The maximum absolute atomic E-state index is 11.2. The first-order valence-corrected chi connectivity index (χ1v) is 6.03. The lowest BCUT2D eigenvalue weighted by Gasteiger charge is -2.22. The minimum atomic E-state index is -0.388. The van der Waals surface area contributed by atoms with Gasteiger partial charge in [-0.05, 0) is 30.3 Å². The number of nitrogens with zero attached hydrogens (tertiary/aromatic N) is 1. The van der Waals surface area contributed by atoms with Gasteiger partial charge in [0.25, 0.3) is 0 Å². The molecule has 2 aromatic rings. The number of carbonyl (C=O) groups is 1. The molecule has 0 spiro atoms. The third-order valence-corrected chi connectivity index (χ3v) is 3.20. The Kier molecular flexibility index (Phi) is 2.68. The molecule has 3 rings (SSSR count). The quantitative estimate of drug-likeness (QED) is 0.838. The molecule has 90 valence electrons. The van der Waals surface area contributed by atoms with E-state index in [-0.39, 0.29) is 6.17 Å². The molecule has 0 saturated heterocycles. The molecular weight excluding hydrogens is 248 g/mol. The van der Waals surface area contributed by atoms with Crippen molar-refractivity contribution in [2.24, 2.45) is 0 Å². The third kappa shape index (κ3) is 1.73. The third-order valence-electron chi connectivity index (χ3n) is 2.96. The average Bonchev–Trinajstić information content (AvgIpc) is 2.77. The number of rotatable bonds is 2. The zero-order valence-electron chi connectivity index (χ0n) is 9.51. The maximum Gasteiger partial charge on any atom is 0.163 e. The standard InChI is InChI=1S/C14H11ClN2O/c15-10-6-7-13-12(8-10)16-14(9-18)17(13)11-4-2-1-3-5-11/h1-9,14,16H. The van der Waals surface area contributed by atoms with Crippen LogP contribution in [0.15, 0.2) is 48.5 Å². The molecule has 0 bridgehead atoms. The van der Waals surface area contributed by atoms with Gasteiger partial charge in [-0.25, -0.2) is 0 Å². The van der Waals surface area contributed by atoms with E-state index in [9.17, 15) is 4.79 Å². The highest BCUT2D eigenvalue weighted by Gasteiger charge is 2.29. The van der Waals surface area contributed by atoms with Gasteiger partial charge in [0.15, 0.2) is 12.5 Å². The first kappa shape index (κ1) is 11.1. The lowest BCUT2D eigenvalue weighted by atomic mass is 10.2. The van der Waals surface area contributed by atoms with E-state index >= 15 is 0 Å². The van der Waals surface area contributed by atoms with Crippen LogP contribution in [0.3, 0.4) is 0 Å². The Balaban J connectivity index is 2.11. The molecule has 0 aromatic heterocycles. The van der Waals surface area contributed by atoms with Crippen molar-refractivity contribution in [3.8, 4) is 0 Å². The fourth-order valence-corrected chi connectivity index (χ4v) is 2.36. The predicted octanol–water partition coefficient (Wildman–Crippen LogP) is 3.43. The van der Waals surface area contributed by atoms with Gasteiger partial charge < -0.3 is 10.2 Å². The van der Waals surface area contributed by atoms with Gasteiger partial charge in [-0.2, -0.15) is 0 Å². The van der Waals surface area contributed by atoms with Crippen molar-refractivity contribution in [1.29, 1.82) is 0 Å². The predicted molar refractivity (Wildman–Crippen MR) is 73.5 cm³/mol. The maximum atomic E-state index is 11.2. The van der Waals surface area contributed by atoms with Gasteiger partial charge in [0.2, 0.25) is 0 Å². The Bertz CT molecular complexity index is 586. The number of fused-ring (bicyclic) bond motifs is 1. The summed E-state index contributed by atoms with van der Waals surface area (Å²) in [6.45, 7) is 0. The van der Waals surface area contributed by atoms with E-state index in [4.69, 9.17) is 11.6 Å². The number of hydrogen-bond acceptors (Lipinski definition) is 3. The number of nitrogens with one attached hydrogen (secondary N) is 1. The number of halogens is 1. The van der Waals surface area contributed by atoms with Crippen molar-refractivity contribution in [3.05, 3.63) is 53.6 Å². The summed E-state index contributed by atoms with van der Waals surface area (Å²) in [4.78, 5) is 13.2. The Morgan fingerprint density at radius 3 is 2.67 bits per heavy atom. The number of aldehydes is 1. The van der Waals surface area contributed by atoms with E-state index in [0.29, 0.717) is 5.02 Å². The Labute approximate surface area is 110 Å². The zero-order chi connectivity index (χ0) is 12.5. The first-order valence-electron chi connectivity index (χ1n) is 5.65. The second-order valence-corrected chi connectivity index (χ2v) is 4.53. The van der Waals surface area contributed by atoms with E-state index < -0.39 is 0 Å². The van der Waals surface area contributed by atoms with Crippen LogP contribution in [0.2, 0.25) is 5.02 Å². The zero-order valence-corrected chi connectivity index (χ0v) is 10.3. The minimum Gasteiger partial charge on any atom is -0.357 e. The van der Waals surface area contributed by atoms with Crippen LogP contribution >= 0.6 is 11.6 Å². The van der Waals surface area contributed by atoms with Gasteiger partial charge >= 0.3 is 0 Å². The molecule has 0 radical (unpaired) electrons. The number of anilines is 3. The molecule has 3 nitrogen and oxygen atoms in total. The molecule has 1 unspecified atom stereocenters. The summed E-state index contributed by atoms with van der Waals surface area (Å²) in [5.74, 6) is 0. The van der Waals surface area contributed by atoms with Crippen LogP contribution in [-0.4, -0.2) is 12.5 Å². The van der Waals surface area contributed by atoms with Gasteiger partial charge in [-0.1, -0.05) is 29.8 Å². The molecule has 0 saturated carbocycles. The van der Waals surface area contributed by atoms with Crippen molar-refractivity contribution in [2.75, 3.05) is 10.2 Å². The first-order chi connectivity index (χ1) is 8.79. The molecule has 1 atom stereocenters. The molecule has 1 N–H and O–H groups in total. The number of para-hydroxylation sites is 1. The van der Waals surface area contributed by atoms with Gasteiger partial charge in [-0.3, -0.25) is 4.79 Å². The summed E-state index contributed by atoms with van der Waals surface area (Å²) in [5, 5.41) is 3.80. The van der Waals surface area contributed by atoms with Crippen LogP contribution in [0.4, 0.5) is 17.1 Å². The van der Waals surface area contributed by atoms with E-state index in [1.807, 2.05) is 53.4 Å². The molecule has 0 fully saturated rings. The molecule has 2 aromatic carbocycles. The van der Waals surface area contributed by atoms with Crippen LogP contribution in [0.25, 0.3) is 0 Å². The van der Waals surface area contributed by atoms with E-state index in [0.717, 1.165) is 23.3 Å². The fraction of sp³-hybridized carbons (Fsp3) is 0.0714. The number of carbonyl (C=O) groups excluding carboxylic acids is 1. The summed E-state index contributed by atoms with van der Waals surface area (Å²) < 4.78 is 0. The highest BCUT2D eigenvalue weighted by atomic mass is 35.5. The van der Waals surface area contributed by atoms with E-state index in [1.54, 1.807) is 0 Å². The fourth-order valence-electron chi connectivity index (χ4n) is 2.19. The summed E-state index contributed by atoms with van der Waals surface area (Å²) in [6, 6.07) is 15.4. The normalized spacial score (nSPS) is 17.2. The Hall–Kier alpha value is -2.00. The molecule has 1 aliphatic heterocycles. The molecule has 0 amide bonds. The van der Waals surface area contributed by atoms with Crippen LogP contribution in [-0.2, 0) is 4.79 Å². The minimum absolute atomic E-state index is 0.388. The van der Waals surface area contributed by atoms with Crippen molar-refractivity contribution in [1.82, 2.24) is 0 Å². The summed E-state index contributed by atoms with van der Waals surface area (Å²) in [6.07, 6.45) is 0.502. The second kappa shape index (κ2) is 4.35. The van der Waals surface area contributed by atoms with Crippen LogP contribution in [0.1, 0.15) is 0 Å². The van der Waals surface area contributed by atoms with Gasteiger partial charge in [0.05, 0.1) is 11.4 Å². The smallest absolute Gasteiger partial charge is 0.163 e. The highest BCUT2D eigenvalue weighted by Crippen LogP contribution is 2.40. The Morgan fingerprint density at radius 2 is 1.94 bits per heavy atom. The lowest BCUT2D eigenvalue weighted by molar-refractivity contribution is -0.108. The summed E-state index contributed by atoms with van der Waals surface area (Å²) in [5.41, 5.74) is 2.81. The van der Waals surface area contributed by atoms with Crippen molar-refractivity contribution < 1.29 is 4.79 Å². The van der Waals surface area contributed by atoms with Gasteiger partial charge in [0.1, 0.15) is 0 Å². The molecule has 1 heterocycles. The number of hydrogen-bond donors (Lipinski definition) is 1. The van der Waals surface area contributed by atoms with Crippen LogP contribution < -0.4 is 10.2 Å². The molecule has 18 heavy (non-hydrogen) atoms. The van der Waals surface area contributed by atoms with Gasteiger partial charge in [0, 0.05) is 10.7 Å². The van der Waals surface area contributed by atoms with Crippen molar-refractivity contribution in [2.45, 2.75) is 6.17 Å². The van der Waals surface area contributed by atoms with Crippen LogP contribution in [0.5, 0.6) is 0 Å². The molecule has 0 aliphatic carbocycles. The topological polar surface area (TPSA) is 32.3 Å². The summed E-state index contributed by atoms with van der Waals surface area (Å²) >= 11 is 5.96. The van der Waals surface area contributed by atoms with E-state index in [1.165, 1.54) is 0 Å². The SMILES string of the molecule is O=CC1Nc2cc(Cl)ccc2N1c1ccccc1. The molecule has 4 heteroatoms. The lowest BCUT2D eigenvalue weighted by Crippen LogP contribution is -2.32. The summed E-state index contributed by atoms with van der Waals surface area (Å²) in [7, 11) is 0. The van der Waals surface area contributed by atoms with Gasteiger partial charge in [-0.15, -0.1) is 0 Å².